The molecule has 0 radical (unpaired) electrons. The molecule has 0 aliphatic heterocycles. The van der Waals surface area contributed by atoms with Crippen LogP contribution in [0.2, 0.25) is 0 Å². The van der Waals surface area contributed by atoms with Crippen molar-refractivity contribution in [1.82, 2.24) is 0 Å². The standard InChI is InChI=1S/C18H20O2/c1-12(2)20-17-9-8-16(11-14(17)4)18(19)15-7-5-6-13(3)10-15/h5-12H,1-4H3. The van der Waals surface area contributed by atoms with Crippen LogP contribution in [0.3, 0.4) is 0 Å². The minimum atomic E-state index is 0.0490. The van der Waals surface area contributed by atoms with Crippen molar-refractivity contribution in [2.24, 2.45) is 0 Å². The molecule has 0 spiro atoms. The van der Waals surface area contributed by atoms with E-state index in [4.69, 9.17) is 4.74 Å². The van der Waals surface area contributed by atoms with Crippen molar-refractivity contribution in [2.75, 3.05) is 0 Å². The van der Waals surface area contributed by atoms with Crippen LogP contribution >= 0.6 is 0 Å². The second-order valence-corrected chi connectivity index (χ2v) is 5.35. The zero-order chi connectivity index (χ0) is 14.7. The number of carbonyl (C=O) groups excluding carboxylic acids is 1. The maximum absolute atomic E-state index is 12.4. The van der Waals surface area contributed by atoms with Gasteiger partial charge >= 0.3 is 0 Å². The van der Waals surface area contributed by atoms with E-state index in [0.717, 1.165) is 22.4 Å². The first-order valence-electron chi connectivity index (χ1n) is 6.86. The average molecular weight is 268 g/mol. The fourth-order valence-corrected chi connectivity index (χ4v) is 2.13. The predicted molar refractivity (Wildman–Crippen MR) is 81.6 cm³/mol. The normalized spacial score (nSPS) is 10.7. The lowest BCUT2D eigenvalue weighted by Crippen LogP contribution is -2.08. The Bertz CT molecular complexity index is 627. The van der Waals surface area contributed by atoms with Crippen LogP contribution in [-0.2, 0) is 0 Å². The summed E-state index contributed by atoms with van der Waals surface area (Å²) in [4.78, 5) is 12.4. The smallest absolute Gasteiger partial charge is 0.193 e. The van der Waals surface area contributed by atoms with Gasteiger partial charge < -0.3 is 4.74 Å². The summed E-state index contributed by atoms with van der Waals surface area (Å²) in [7, 11) is 0. The van der Waals surface area contributed by atoms with Gasteiger partial charge in [0.25, 0.3) is 0 Å². The number of aryl methyl sites for hydroxylation is 2. The Morgan fingerprint density at radius 3 is 2.30 bits per heavy atom. The summed E-state index contributed by atoms with van der Waals surface area (Å²) in [5, 5.41) is 0. The first-order chi connectivity index (χ1) is 9.47. The fourth-order valence-electron chi connectivity index (χ4n) is 2.13. The van der Waals surface area contributed by atoms with Crippen LogP contribution in [0, 0.1) is 13.8 Å². The van der Waals surface area contributed by atoms with Crippen molar-refractivity contribution in [1.29, 1.82) is 0 Å². The molecule has 20 heavy (non-hydrogen) atoms. The number of rotatable bonds is 4. The third kappa shape index (κ3) is 3.27. The summed E-state index contributed by atoms with van der Waals surface area (Å²) in [5.74, 6) is 0.883. The Morgan fingerprint density at radius 2 is 1.70 bits per heavy atom. The van der Waals surface area contributed by atoms with Gasteiger partial charge in [0.15, 0.2) is 5.78 Å². The molecule has 2 aromatic rings. The lowest BCUT2D eigenvalue weighted by atomic mass is 10.00. The van der Waals surface area contributed by atoms with Crippen molar-refractivity contribution in [3.63, 3.8) is 0 Å². The van der Waals surface area contributed by atoms with E-state index in [1.807, 2.05) is 70.2 Å². The molecule has 0 amide bonds. The van der Waals surface area contributed by atoms with Gasteiger partial charge in [-0.15, -0.1) is 0 Å². The molecule has 2 heteroatoms. The van der Waals surface area contributed by atoms with Gasteiger partial charge in [-0.3, -0.25) is 4.79 Å². The van der Waals surface area contributed by atoms with Crippen LogP contribution in [0.1, 0.15) is 40.9 Å². The molecule has 0 bridgehead atoms. The molecule has 0 heterocycles. The Kier molecular flexibility index (Phi) is 4.23. The summed E-state index contributed by atoms with van der Waals surface area (Å²) < 4.78 is 5.69. The Labute approximate surface area is 120 Å². The van der Waals surface area contributed by atoms with Crippen molar-refractivity contribution < 1.29 is 9.53 Å². The average Bonchev–Trinajstić information content (AvgIpc) is 2.40. The second kappa shape index (κ2) is 5.91. The van der Waals surface area contributed by atoms with Gasteiger partial charge in [-0.2, -0.15) is 0 Å². The molecule has 0 N–H and O–H groups in total. The van der Waals surface area contributed by atoms with Gasteiger partial charge in [-0.25, -0.2) is 0 Å². The molecular weight excluding hydrogens is 248 g/mol. The highest BCUT2D eigenvalue weighted by Crippen LogP contribution is 2.22. The van der Waals surface area contributed by atoms with Crippen molar-refractivity contribution in [2.45, 2.75) is 33.8 Å². The van der Waals surface area contributed by atoms with Crippen LogP contribution in [-0.4, -0.2) is 11.9 Å². The minimum absolute atomic E-state index is 0.0490. The summed E-state index contributed by atoms with van der Waals surface area (Å²) in [6.45, 7) is 7.93. The van der Waals surface area contributed by atoms with Gasteiger partial charge in [0, 0.05) is 11.1 Å². The highest BCUT2D eigenvalue weighted by molar-refractivity contribution is 6.09. The highest BCUT2D eigenvalue weighted by atomic mass is 16.5. The number of benzene rings is 2. The number of ketones is 1. The Morgan fingerprint density at radius 1 is 1.00 bits per heavy atom. The Hall–Kier alpha value is -2.09. The molecule has 104 valence electrons. The van der Waals surface area contributed by atoms with E-state index < -0.39 is 0 Å². The molecule has 0 saturated carbocycles. The number of ether oxygens (including phenoxy) is 1. The molecule has 0 unspecified atom stereocenters. The number of carbonyl (C=O) groups is 1. The molecule has 2 rings (SSSR count). The fraction of sp³-hybridized carbons (Fsp3) is 0.278. The zero-order valence-electron chi connectivity index (χ0n) is 12.4. The largest absolute Gasteiger partial charge is 0.491 e. The summed E-state index contributed by atoms with van der Waals surface area (Å²) in [6.07, 6.45) is 0.132. The quantitative estimate of drug-likeness (QED) is 0.772. The zero-order valence-corrected chi connectivity index (χ0v) is 12.4. The van der Waals surface area contributed by atoms with E-state index in [1.165, 1.54) is 0 Å². The maximum Gasteiger partial charge on any atom is 0.193 e. The van der Waals surface area contributed by atoms with Crippen LogP contribution in [0.5, 0.6) is 5.75 Å². The van der Waals surface area contributed by atoms with Gasteiger partial charge in [-0.05, 0) is 57.5 Å². The van der Waals surface area contributed by atoms with Crippen LogP contribution < -0.4 is 4.74 Å². The molecule has 0 fully saturated rings. The first kappa shape index (κ1) is 14.3. The SMILES string of the molecule is Cc1cccc(C(=O)c2ccc(OC(C)C)c(C)c2)c1. The van der Waals surface area contributed by atoms with Crippen LogP contribution in [0.4, 0.5) is 0 Å². The highest BCUT2D eigenvalue weighted by Gasteiger charge is 2.11. The molecule has 2 nitrogen and oxygen atoms in total. The van der Waals surface area contributed by atoms with E-state index in [9.17, 15) is 4.79 Å². The van der Waals surface area contributed by atoms with E-state index in [1.54, 1.807) is 0 Å². The molecule has 0 aliphatic rings. The first-order valence-corrected chi connectivity index (χ1v) is 6.86. The van der Waals surface area contributed by atoms with Gasteiger partial charge in [0.1, 0.15) is 5.75 Å². The van der Waals surface area contributed by atoms with E-state index in [2.05, 4.69) is 0 Å². The van der Waals surface area contributed by atoms with Gasteiger partial charge in [0.2, 0.25) is 0 Å². The van der Waals surface area contributed by atoms with E-state index in [-0.39, 0.29) is 11.9 Å². The number of hydrogen-bond donors (Lipinski definition) is 0. The van der Waals surface area contributed by atoms with Crippen LogP contribution in [0.15, 0.2) is 42.5 Å². The maximum atomic E-state index is 12.4. The van der Waals surface area contributed by atoms with Gasteiger partial charge in [0.05, 0.1) is 6.10 Å². The topological polar surface area (TPSA) is 26.3 Å². The molecule has 0 aliphatic carbocycles. The molecule has 2 aromatic carbocycles. The van der Waals surface area contributed by atoms with Crippen molar-refractivity contribution in [3.8, 4) is 5.75 Å². The monoisotopic (exact) mass is 268 g/mol. The summed E-state index contributed by atoms with van der Waals surface area (Å²) in [5.41, 5.74) is 3.50. The molecular formula is C18H20O2. The van der Waals surface area contributed by atoms with Crippen LogP contribution in [0.25, 0.3) is 0 Å². The third-order valence-electron chi connectivity index (χ3n) is 3.08. The number of hydrogen-bond acceptors (Lipinski definition) is 2. The summed E-state index contributed by atoms with van der Waals surface area (Å²) >= 11 is 0. The lowest BCUT2D eigenvalue weighted by Gasteiger charge is -2.13. The lowest BCUT2D eigenvalue weighted by molar-refractivity contribution is 0.103. The third-order valence-corrected chi connectivity index (χ3v) is 3.08. The second-order valence-electron chi connectivity index (χ2n) is 5.35. The van der Waals surface area contributed by atoms with E-state index in [0.29, 0.717) is 5.56 Å². The summed E-state index contributed by atoms with van der Waals surface area (Å²) in [6, 6.07) is 13.3. The Balaban J connectivity index is 2.30. The van der Waals surface area contributed by atoms with Gasteiger partial charge in [-0.1, -0.05) is 23.8 Å². The minimum Gasteiger partial charge on any atom is -0.491 e. The molecule has 0 atom stereocenters. The van der Waals surface area contributed by atoms with Crippen molar-refractivity contribution >= 4 is 5.78 Å². The molecule has 0 saturated heterocycles. The van der Waals surface area contributed by atoms with E-state index >= 15 is 0 Å². The molecule has 0 aromatic heterocycles. The predicted octanol–water partition coefficient (Wildman–Crippen LogP) is 4.32. The van der Waals surface area contributed by atoms with Crippen molar-refractivity contribution in [3.05, 3.63) is 64.7 Å².